The van der Waals surface area contributed by atoms with Crippen LogP contribution in [0.5, 0.6) is 0 Å². The zero-order chi connectivity index (χ0) is 81.3. The Morgan fingerprint density at radius 1 is 0.184 bits per heavy atom. The summed E-state index contributed by atoms with van der Waals surface area (Å²) >= 11 is 0. The predicted molar refractivity (Wildman–Crippen MR) is 359 cm³/mol. The van der Waals surface area contributed by atoms with Gasteiger partial charge in [-0.15, -0.1) is 0 Å². The monoisotopic (exact) mass is 1520 g/mol. The Balaban J connectivity index is -0.000000167. The van der Waals surface area contributed by atoms with Crippen LogP contribution in [0, 0.1) is 0 Å². The summed E-state index contributed by atoms with van der Waals surface area (Å²) in [6.45, 7) is 25.6. The summed E-state index contributed by atoms with van der Waals surface area (Å²) in [5.74, 6) is 0. The van der Waals surface area contributed by atoms with E-state index in [2.05, 4.69) is 80.5 Å². The number of aliphatic hydroxyl groups is 8. The summed E-state index contributed by atoms with van der Waals surface area (Å²) in [4.78, 5) is 85.9. The van der Waals surface area contributed by atoms with E-state index >= 15 is 0 Å². The van der Waals surface area contributed by atoms with Gasteiger partial charge in [0.05, 0.1) is 98.2 Å². The topological polar surface area (TPSA) is 520 Å². The maximum Gasteiger partial charge on any atom is 0.508 e. The number of carbonyl (C=O) groups is 8. The highest BCUT2D eigenvalue weighted by Crippen LogP contribution is 2.00. The average Bonchev–Trinajstić information content (AvgIpc) is 1.49. The molecule has 618 valence electrons. The molecule has 8 N–H and O–H groups in total. The van der Waals surface area contributed by atoms with Gasteiger partial charge in [-0.2, -0.15) is 0 Å². The second-order valence-electron chi connectivity index (χ2n) is 21.6. The van der Waals surface area contributed by atoms with Crippen LogP contribution in [0.3, 0.4) is 0 Å². The highest BCUT2D eigenvalue weighted by atomic mass is 16.8. The lowest BCUT2D eigenvalue weighted by molar-refractivity contribution is -0.00548. The van der Waals surface area contributed by atoms with Crippen molar-refractivity contribution in [2.45, 2.75) is 195 Å². The molecule has 0 aliphatic carbocycles. The molecule has 0 fully saturated rings. The molecule has 15 unspecified atom stereocenters. The first-order valence-electron chi connectivity index (χ1n) is 32.1. The molecule has 0 aliphatic heterocycles. The Morgan fingerprint density at radius 3 is 0.388 bits per heavy atom. The Hall–Kier alpha value is -6.48. The Kier molecular flexibility index (Phi) is 86.9. The van der Waals surface area contributed by atoms with E-state index in [-0.39, 0.29) is 148 Å². The third kappa shape index (κ3) is 109. The fourth-order valence-corrected chi connectivity index (χ4v) is 3.82. The van der Waals surface area contributed by atoms with Crippen LogP contribution in [0.4, 0.5) is 38.4 Å². The number of rotatable bonds is 40. The molecule has 15 atom stereocenters. The van der Waals surface area contributed by atoms with Gasteiger partial charge in [0.2, 0.25) is 0 Å². The summed E-state index contributed by atoms with van der Waals surface area (Å²) in [5.41, 5.74) is 0. The first-order chi connectivity index (χ1) is 48.1. The lowest BCUT2D eigenvalue weighted by Gasteiger charge is -2.10. The maximum atomic E-state index is 10.8. The zero-order valence-corrected chi connectivity index (χ0v) is 64.3. The van der Waals surface area contributed by atoms with Crippen LogP contribution in [0.15, 0.2) is 0 Å². The summed E-state index contributed by atoms with van der Waals surface area (Å²) in [6, 6.07) is 0. The molecule has 103 heavy (non-hydrogen) atoms. The van der Waals surface area contributed by atoms with Crippen molar-refractivity contribution in [1.29, 1.82) is 0 Å². The smallest absolute Gasteiger partial charge is 0.432 e. The molecule has 0 aromatic heterocycles. The van der Waals surface area contributed by atoms with Crippen LogP contribution < -0.4 is 0 Å². The molecule has 0 saturated carbocycles. The SMILES string of the molecule is COC(C)COC(=O)OCC(C)O.COC(C)COC(=O)OCC(C)O.COC(C)COC(=O)OCC(C)O.COC(C)COC(=O)OCC(C)O.COC(C)COC(=O)OCC(C)O.COC(C)COC(=O)OCC(C)O.COC(C)COC(=O)OCC(C)O.COCCOC(=O)OCC(C)O. The largest absolute Gasteiger partial charge is 0.508 e. The standard InChI is InChI=1S/7C8H16O5.C7H14O5/c7*1-6(9)4-12-8(10)13-5-7(2)11-3;1-6(8)5-12-7(9)11-4-3-10-2/h7*6-7,9H,4-5H2,1-3H3;6,8H,3-5H2,1-2H3. The Morgan fingerprint density at radius 2 is 0.291 bits per heavy atom. The van der Waals surface area contributed by atoms with E-state index in [1.165, 1.54) is 112 Å². The fraction of sp³-hybridized carbons (Fsp3) is 0.873. The summed E-state index contributed by atoms with van der Waals surface area (Å²) in [7, 11) is 12.2. The van der Waals surface area contributed by atoms with Crippen molar-refractivity contribution in [3.8, 4) is 0 Å². The Labute approximate surface area is 605 Å². The molecule has 0 aromatic rings. The number of aliphatic hydroxyl groups excluding tert-OH is 8. The molecular formula is C63H126O40. The van der Waals surface area contributed by atoms with E-state index in [9.17, 15) is 38.4 Å². The van der Waals surface area contributed by atoms with Crippen LogP contribution in [-0.4, -0.2) is 351 Å². The number of hydrogen-bond acceptors (Lipinski definition) is 40. The first-order valence-corrected chi connectivity index (χ1v) is 32.1. The normalized spacial score (nSPS) is 14.5. The van der Waals surface area contributed by atoms with Crippen molar-refractivity contribution in [2.24, 2.45) is 0 Å². The second kappa shape index (κ2) is 79.6. The van der Waals surface area contributed by atoms with Gasteiger partial charge >= 0.3 is 49.2 Å². The molecule has 0 rings (SSSR count). The van der Waals surface area contributed by atoms with Gasteiger partial charge in [-0.1, -0.05) is 0 Å². The van der Waals surface area contributed by atoms with Gasteiger partial charge in [0.1, 0.15) is 106 Å². The molecule has 0 amide bonds. The average molecular weight is 1520 g/mol. The van der Waals surface area contributed by atoms with Crippen molar-refractivity contribution in [1.82, 2.24) is 0 Å². The van der Waals surface area contributed by atoms with Crippen molar-refractivity contribution in [3.05, 3.63) is 0 Å². The lowest BCUT2D eigenvalue weighted by Crippen LogP contribution is -2.21. The summed E-state index contributed by atoms with van der Waals surface area (Å²) in [6.07, 6.45) is -12.8. The second-order valence-corrected chi connectivity index (χ2v) is 21.6. The predicted octanol–water partition coefficient (Wildman–Crippen LogP) is 4.05. The summed E-state index contributed by atoms with van der Waals surface area (Å²) in [5, 5.41) is 70.1. The van der Waals surface area contributed by atoms with Gasteiger partial charge < -0.3 is 155 Å². The van der Waals surface area contributed by atoms with Crippen LogP contribution in [-0.2, 0) is 114 Å². The molecule has 0 aromatic carbocycles. The number of carbonyl (C=O) groups excluding carboxylic acids is 8. The fourth-order valence-electron chi connectivity index (χ4n) is 3.82. The zero-order valence-electron chi connectivity index (χ0n) is 64.3. The molecule has 0 radical (unpaired) electrons. The molecule has 0 heterocycles. The van der Waals surface area contributed by atoms with Gasteiger partial charge in [0.25, 0.3) is 0 Å². The highest BCUT2D eigenvalue weighted by Gasteiger charge is 2.15. The van der Waals surface area contributed by atoms with Gasteiger partial charge in [0.15, 0.2) is 0 Å². The third-order valence-corrected chi connectivity index (χ3v) is 9.91. The molecule has 0 saturated heterocycles. The third-order valence-electron chi connectivity index (χ3n) is 9.91. The molecule has 0 bridgehead atoms. The van der Waals surface area contributed by atoms with Crippen molar-refractivity contribution >= 4 is 49.2 Å². The van der Waals surface area contributed by atoms with E-state index in [1.54, 1.807) is 48.5 Å². The minimum Gasteiger partial charge on any atom is -0.432 e. The number of hydrogen-bond donors (Lipinski definition) is 8. The molecule has 40 heteroatoms. The van der Waals surface area contributed by atoms with Crippen LogP contribution in [0.2, 0.25) is 0 Å². The van der Waals surface area contributed by atoms with Crippen LogP contribution >= 0.6 is 0 Å². The van der Waals surface area contributed by atoms with Crippen LogP contribution in [0.25, 0.3) is 0 Å². The van der Waals surface area contributed by atoms with E-state index in [0.29, 0.717) is 6.61 Å². The molecular weight excluding hydrogens is 1400 g/mol. The van der Waals surface area contributed by atoms with Gasteiger partial charge in [-0.3, -0.25) is 0 Å². The summed E-state index contributed by atoms with van der Waals surface area (Å²) < 4.78 is 112. The highest BCUT2D eigenvalue weighted by molar-refractivity contribution is 5.62. The van der Waals surface area contributed by atoms with E-state index < -0.39 is 98.1 Å². The van der Waals surface area contributed by atoms with Crippen molar-refractivity contribution in [2.75, 3.05) is 169 Å². The molecule has 0 aliphatic rings. The minimum atomic E-state index is -0.787. The first kappa shape index (κ1) is 112. The van der Waals surface area contributed by atoms with Crippen LogP contribution in [0.1, 0.15) is 104 Å². The van der Waals surface area contributed by atoms with Gasteiger partial charge in [0, 0.05) is 56.9 Å². The van der Waals surface area contributed by atoms with Gasteiger partial charge in [-0.05, 0) is 104 Å². The van der Waals surface area contributed by atoms with E-state index in [1.807, 2.05) is 0 Å². The van der Waals surface area contributed by atoms with E-state index in [4.69, 9.17) is 74.0 Å². The maximum absolute atomic E-state index is 10.8. The van der Waals surface area contributed by atoms with Crippen molar-refractivity contribution in [3.63, 3.8) is 0 Å². The number of ether oxygens (including phenoxy) is 24. The van der Waals surface area contributed by atoms with E-state index in [0.717, 1.165) is 0 Å². The van der Waals surface area contributed by atoms with Gasteiger partial charge in [-0.25, -0.2) is 38.4 Å². The number of methoxy groups -OCH3 is 8. The Bertz CT molecular complexity index is 1610. The molecule has 40 nitrogen and oxygen atoms in total. The lowest BCUT2D eigenvalue weighted by atomic mass is 10.4. The van der Waals surface area contributed by atoms with Crippen molar-refractivity contribution < 1.29 is 193 Å². The minimum absolute atomic E-state index is 0.0498. The quantitative estimate of drug-likeness (QED) is 0.0244. The molecule has 0 spiro atoms.